The van der Waals surface area contributed by atoms with Crippen LogP contribution in [0.1, 0.15) is 27.2 Å². The molecule has 0 saturated carbocycles. The van der Waals surface area contributed by atoms with E-state index in [0.29, 0.717) is 32.6 Å². The van der Waals surface area contributed by atoms with Crippen LogP contribution in [-0.4, -0.2) is 54.7 Å². The minimum absolute atomic E-state index is 0.162. The molecule has 1 aliphatic rings. The van der Waals surface area contributed by atoms with Crippen molar-refractivity contribution in [3.63, 3.8) is 0 Å². The van der Waals surface area contributed by atoms with Crippen molar-refractivity contribution in [3.8, 4) is 0 Å². The largest absolute Gasteiger partial charge is 0.444 e. The lowest BCUT2D eigenvalue weighted by Gasteiger charge is -2.36. The third-order valence-corrected chi connectivity index (χ3v) is 2.82. The number of rotatable bonds is 4. The Morgan fingerprint density at radius 2 is 2.20 bits per heavy atom. The van der Waals surface area contributed by atoms with Crippen LogP contribution in [0.5, 0.6) is 0 Å². The molecule has 0 radical (unpaired) electrons. The number of ether oxygens (including phenoxy) is 1. The molecule has 1 rings (SSSR count). The number of amides is 2. The van der Waals surface area contributed by atoms with Gasteiger partial charge in [0.15, 0.2) is 0 Å². The second-order valence-electron chi connectivity index (χ2n) is 5.76. The van der Waals surface area contributed by atoms with Crippen molar-refractivity contribution in [3.05, 3.63) is 12.7 Å². The molecule has 0 aromatic rings. The highest BCUT2D eigenvalue weighted by Crippen LogP contribution is 2.13. The molecule has 1 heterocycles. The van der Waals surface area contributed by atoms with E-state index >= 15 is 0 Å². The Labute approximate surface area is 120 Å². The normalized spacial score (nSPS) is 19.4. The van der Waals surface area contributed by atoms with Gasteiger partial charge < -0.3 is 15.4 Å². The van der Waals surface area contributed by atoms with Crippen LogP contribution in [0.25, 0.3) is 0 Å². The molecule has 114 valence electrons. The number of nitrogens with zero attached hydrogens (tertiary/aromatic N) is 1. The van der Waals surface area contributed by atoms with Gasteiger partial charge in [0, 0.05) is 26.2 Å². The monoisotopic (exact) mass is 283 g/mol. The standard InChI is InChI=1S/C14H25N3O3/c1-5-6-7-16-12(18)11-10-15-8-9-17(11)13(19)20-14(2,3)4/h5,11,15H,1,6-10H2,2-4H3,(H,16,18). The van der Waals surface area contributed by atoms with E-state index in [-0.39, 0.29) is 5.91 Å². The summed E-state index contributed by atoms with van der Waals surface area (Å²) in [5.41, 5.74) is -0.564. The molecular formula is C14H25N3O3. The molecule has 0 aromatic carbocycles. The van der Waals surface area contributed by atoms with Gasteiger partial charge in [-0.1, -0.05) is 6.08 Å². The van der Waals surface area contributed by atoms with Crippen molar-refractivity contribution in [2.75, 3.05) is 26.2 Å². The van der Waals surface area contributed by atoms with E-state index < -0.39 is 17.7 Å². The number of hydrogen-bond acceptors (Lipinski definition) is 4. The molecule has 6 heteroatoms. The van der Waals surface area contributed by atoms with Crippen molar-refractivity contribution >= 4 is 12.0 Å². The van der Waals surface area contributed by atoms with E-state index in [2.05, 4.69) is 17.2 Å². The topological polar surface area (TPSA) is 70.7 Å². The third kappa shape index (κ3) is 5.21. The fourth-order valence-corrected chi connectivity index (χ4v) is 1.89. The SMILES string of the molecule is C=CCCNC(=O)C1CNCCN1C(=O)OC(C)(C)C. The molecule has 6 nitrogen and oxygen atoms in total. The second-order valence-corrected chi connectivity index (χ2v) is 5.76. The minimum Gasteiger partial charge on any atom is -0.444 e. The van der Waals surface area contributed by atoms with Gasteiger partial charge in [0.1, 0.15) is 11.6 Å². The van der Waals surface area contributed by atoms with E-state index in [4.69, 9.17) is 4.74 Å². The summed E-state index contributed by atoms with van der Waals surface area (Å²) in [5.74, 6) is -0.162. The van der Waals surface area contributed by atoms with Crippen LogP contribution in [0.4, 0.5) is 4.79 Å². The molecule has 1 atom stereocenters. The van der Waals surface area contributed by atoms with Crippen LogP contribution < -0.4 is 10.6 Å². The first kappa shape index (κ1) is 16.5. The van der Waals surface area contributed by atoms with E-state index in [1.54, 1.807) is 6.08 Å². The first-order valence-corrected chi connectivity index (χ1v) is 6.94. The predicted octanol–water partition coefficient (Wildman–Crippen LogP) is 0.888. The van der Waals surface area contributed by atoms with Crippen molar-refractivity contribution in [1.82, 2.24) is 15.5 Å². The van der Waals surface area contributed by atoms with Gasteiger partial charge in [0.25, 0.3) is 0 Å². The van der Waals surface area contributed by atoms with Crippen molar-refractivity contribution in [2.45, 2.75) is 38.8 Å². The Hall–Kier alpha value is -1.56. The van der Waals surface area contributed by atoms with Crippen molar-refractivity contribution < 1.29 is 14.3 Å². The zero-order valence-corrected chi connectivity index (χ0v) is 12.6. The molecule has 0 spiro atoms. The molecule has 0 aromatic heterocycles. The van der Waals surface area contributed by atoms with Gasteiger partial charge >= 0.3 is 6.09 Å². The lowest BCUT2D eigenvalue weighted by Crippen LogP contribution is -2.60. The summed E-state index contributed by atoms with van der Waals surface area (Å²) in [7, 11) is 0. The highest BCUT2D eigenvalue weighted by atomic mass is 16.6. The molecule has 1 fully saturated rings. The maximum atomic E-state index is 12.1. The minimum atomic E-state index is -0.564. The Balaban J connectivity index is 2.63. The van der Waals surface area contributed by atoms with E-state index in [9.17, 15) is 9.59 Å². The number of nitrogens with one attached hydrogen (secondary N) is 2. The quantitative estimate of drug-likeness (QED) is 0.594. The Bertz CT molecular complexity index is 363. The van der Waals surface area contributed by atoms with Crippen molar-refractivity contribution in [2.24, 2.45) is 0 Å². The molecule has 2 amide bonds. The number of hydrogen-bond donors (Lipinski definition) is 2. The third-order valence-electron chi connectivity index (χ3n) is 2.82. The van der Waals surface area contributed by atoms with Crippen molar-refractivity contribution in [1.29, 1.82) is 0 Å². The molecule has 1 saturated heterocycles. The fraction of sp³-hybridized carbons (Fsp3) is 0.714. The lowest BCUT2D eigenvalue weighted by atomic mass is 10.1. The van der Waals surface area contributed by atoms with E-state index in [0.717, 1.165) is 0 Å². The summed E-state index contributed by atoms with van der Waals surface area (Å²) in [6, 6.07) is -0.525. The van der Waals surface area contributed by atoms with Gasteiger partial charge in [-0.2, -0.15) is 0 Å². The average molecular weight is 283 g/mol. The highest BCUT2D eigenvalue weighted by Gasteiger charge is 2.34. The van der Waals surface area contributed by atoms with Crippen LogP contribution in [0, 0.1) is 0 Å². The maximum absolute atomic E-state index is 12.1. The number of carbonyl (C=O) groups excluding carboxylic acids is 2. The smallest absolute Gasteiger partial charge is 0.411 e. The van der Waals surface area contributed by atoms with E-state index in [1.165, 1.54) is 4.90 Å². The number of carbonyl (C=O) groups is 2. The molecule has 0 aliphatic carbocycles. The van der Waals surface area contributed by atoms with Gasteiger partial charge in [0.2, 0.25) is 5.91 Å². The summed E-state index contributed by atoms with van der Waals surface area (Å²) >= 11 is 0. The Kier molecular flexibility index (Phi) is 6.01. The maximum Gasteiger partial charge on any atom is 0.411 e. The highest BCUT2D eigenvalue weighted by molar-refractivity contribution is 5.86. The second kappa shape index (κ2) is 7.28. The molecule has 1 aliphatic heterocycles. The van der Waals surface area contributed by atoms with Gasteiger partial charge in [0.05, 0.1) is 0 Å². The molecule has 1 unspecified atom stereocenters. The predicted molar refractivity (Wildman–Crippen MR) is 77.4 cm³/mol. The fourth-order valence-electron chi connectivity index (χ4n) is 1.89. The van der Waals surface area contributed by atoms with Crippen LogP contribution in [-0.2, 0) is 9.53 Å². The zero-order chi connectivity index (χ0) is 15.2. The van der Waals surface area contributed by atoms with Gasteiger partial charge in [-0.25, -0.2) is 4.79 Å². The summed E-state index contributed by atoms with van der Waals surface area (Å²) in [5, 5.41) is 5.92. The Morgan fingerprint density at radius 3 is 2.80 bits per heavy atom. The average Bonchev–Trinajstić information content (AvgIpc) is 2.37. The van der Waals surface area contributed by atoms with Crippen LogP contribution in [0.3, 0.4) is 0 Å². The zero-order valence-electron chi connectivity index (χ0n) is 12.6. The summed E-state index contributed by atoms with van der Waals surface area (Å²) < 4.78 is 5.35. The van der Waals surface area contributed by atoms with Crippen LogP contribution >= 0.6 is 0 Å². The molecular weight excluding hydrogens is 258 g/mol. The van der Waals surface area contributed by atoms with Crippen LogP contribution in [0.15, 0.2) is 12.7 Å². The van der Waals surface area contributed by atoms with Gasteiger partial charge in [-0.3, -0.25) is 9.69 Å². The van der Waals surface area contributed by atoms with Gasteiger partial charge in [-0.15, -0.1) is 6.58 Å². The summed E-state index contributed by atoms with van der Waals surface area (Å²) in [4.78, 5) is 25.7. The molecule has 20 heavy (non-hydrogen) atoms. The first-order valence-electron chi connectivity index (χ1n) is 6.94. The summed E-state index contributed by atoms with van der Waals surface area (Å²) in [6.45, 7) is 11.1. The molecule has 0 bridgehead atoms. The van der Waals surface area contributed by atoms with Gasteiger partial charge in [-0.05, 0) is 27.2 Å². The Morgan fingerprint density at radius 1 is 1.50 bits per heavy atom. The van der Waals surface area contributed by atoms with Crippen LogP contribution in [0.2, 0.25) is 0 Å². The summed E-state index contributed by atoms with van der Waals surface area (Å²) in [6.07, 6.45) is 2.01. The first-order chi connectivity index (χ1) is 9.35. The van der Waals surface area contributed by atoms with E-state index in [1.807, 2.05) is 20.8 Å². The lowest BCUT2D eigenvalue weighted by molar-refractivity contribution is -0.127. The number of piperazine rings is 1. The molecule has 2 N–H and O–H groups in total.